The molecule has 1 saturated heterocycles. The first-order valence-electron chi connectivity index (χ1n) is 13.5. The highest BCUT2D eigenvalue weighted by atomic mass is 35.5. The second-order valence-electron chi connectivity index (χ2n) is 10.6. The zero-order valence-corrected chi connectivity index (χ0v) is 25.3. The number of aromatic carboxylic acids is 1. The third-order valence-corrected chi connectivity index (χ3v) is 10.8. The van der Waals surface area contributed by atoms with Gasteiger partial charge in [-0.2, -0.15) is 24.1 Å². The summed E-state index contributed by atoms with van der Waals surface area (Å²) in [5.74, 6) is -1.23. The number of carboxylic acid groups (broad SMARTS) is 1. The fourth-order valence-electron chi connectivity index (χ4n) is 5.63. The van der Waals surface area contributed by atoms with E-state index in [1.165, 1.54) is 49.9 Å². The average Bonchev–Trinajstić information content (AvgIpc) is 3.59. The molecule has 7 nitrogen and oxygen atoms in total. The molecule has 0 unspecified atom stereocenters. The number of halogens is 2. The minimum Gasteiger partial charge on any atom is -0.478 e. The van der Waals surface area contributed by atoms with Crippen LogP contribution in [0, 0.1) is 18.3 Å². The number of carboxylic acids is 1. The van der Waals surface area contributed by atoms with E-state index in [0.29, 0.717) is 68.4 Å². The van der Waals surface area contributed by atoms with Crippen LogP contribution in [0.3, 0.4) is 0 Å². The van der Waals surface area contributed by atoms with Crippen molar-refractivity contribution in [3.05, 3.63) is 99.9 Å². The highest BCUT2D eigenvalue weighted by Gasteiger charge is 2.34. The molecule has 2 aromatic heterocycles. The predicted octanol–water partition coefficient (Wildman–Crippen LogP) is 8.57. The normalized spacial score (nSPS) is 14.7. The van der Waals surface area contributed by atoms with E-state index in [4.69, 9.17) is 18.2 Å². The Morgan fingerprint density at radius 2 is 1.79 bits per heavy atom. The first-order valence-corrected chi connectivity index (χ1v) is 16.2. The van der Waals surface area contributed by atoms with Crippen LogP contribution in [0.2, 0.25) is 5.02 Å². The largest absolute Gasteiger partial charge is 0.478 e. The number of aromatic nitrogens is 1. The van der Waals surface area contributed by atoms with Crippen LogP contribution in [-0.2, 0) is 10.2 Å². The van der Waals surface area contributed by atoms with Crippen LogP contribution >= 0.6 is 22.9 Å². The standard InChI is InChI=1S/C32H25ClFN3O4S2/c1-19-10-13-36(14-11-19)43(40,41)37-28-9-7-23(34)18-26(28)29(25-12-15-42-31(25)35-2)30(37)21-5-3-4-20(16-21)24-8-6-22(32(38)39)17-27(24)33/h3-9,12,15-19H,10-11,13-14H2,1H3,(H,38,39). The quantitative estimate of drug-likeness (QED) is 0.190. The van der Waals surface area contributed by atoms with Gasteiger partial charge >= 0.3 is 16.2 Å². The molecule has 1 aliphatic heterocycles. The molecule has 43 heavy (non-hydrogen) atoms. The first kappa shape index (κ1) is 29.1. The van der Waals surface area contributed by atoms with Gasteiger partial charge in [0.25, 0.3) is 0 Å². The van der Waals surface area contributed by atoms with Crippen molar-refractivity contribution in [1.82, 2.24) is 8.28 Å². The van der Waals surface area contributed by atoms with Crippen LogP contribution in [0.4, 0.5) is 9.39 Å². The second-order valence-corrected chi connectivity index (χ2v) is 13.6. The SMILES string of the molecule is [C-]#[N+]c1sccc1-c1c(-c2cccc(-c3ccc(C(=O)O)cc3Cl)c2)n(S(=O)(=O)N2CCC(C)CC2)c2ccc(F)cc12. The van der Waals surface area contributed by atoms with Crippen molar-refractivity contribution in [3.8, 4) is 33.5 Å². The molecule has 0 saturated carbocycles. The number of fused-ring (bicyclic) bond motifs is 1. The summed E-state index contributed by atoms with van der Waals surface area (Å²) in [7, 11) is -4.13. The lowest BCUT2D eigenvalue weighted by Gasteiger charge is -2.30. The zero-order valence-electron chi connectivity index (χ0n) is 22.9. The fraction of sp³-hybridized carbons (Fsp3) is 0.188. The van der Waals surface area contributed by atoms with Crippen molar-refractivity contribution in [3.63, 3.8) is 0 Å². The molecule has 1 N–H and O–H groups in total. The summed E-state index contributed by atoms with van der Waals surface area (Å²) >= 11 is 7.74. The monoisotopic (exact) mass is 633 g/mol. The van der Waals surface area contributed by atoms with Gasteiger partial charge in [-0.1, -0.05) is 48.9 Å². The second kappa shape index (κ2) is 11.2. The maximum atomic E-state index is 14.8. The lowest BCUT2D eigenvalue weighted by molar-refractivity contribution is 0.0697. The molecule has 1 fully saturated rings. The molecule has 3 aromatic carbocycles. The molecule has 0 bridgehead atoms. The number of hydrogen-bond acceptors (Lipinski definition) is 4. The lowest BCUT2D eigenvalue weighted by Crippen LogP contribution is -2.41. The van der Waals surface area contributed by atoms with Crippen molar-refractivity contribution in [1.29, 1.82) is 0 Å². The molecule has 0 atom stereocenters. The Kier molecular flexibility index (Phi) is 7.60. The summed E-state index contributed by atoms with van der Waals surface area (Å²) < 4.78 is 46.6. The number of rotatable bonds is 6. The number of carbonyl (C=O) groups is 1. The average molecular weight is 634 g/mol. The Balaban J connectivity index is 1.67. The van der Waals surface area contributed by atoms with Gasteiger partial charge in [0.05, 0.1) is 23.3 Å². The predicted molar refractivity (Wildman–Crippen MR) is 169 cm³/mol. The summed E-state index contributed by atoms with van der Waals surface area (Å²) in [6, 6.07) is 17.3. The minimum absolute atomic E-state index is 0.0421. The first-order chi connectivity index (χ1) is 20.6. The molecular weight excluding hydrogens is 609 g/mol. The molecule has 5 aromatic rings. The Morgan fingerprint density at radius 1 is 1.05 bits per heavy atom. The summed E-state index contributed by atoms with van der Waals surface area (Å²) in [6.45, 7) is 10.6. The number of nitrogens with zero attached hydrogens (tertiary/aromatic N) is 3. The van der Waals surface area contributed by atoms with Gasteiger partial charge in [-0.3, -0.25) is 0 Å². The third-order valence-electron chi connectivity index (χ3n) is 7.86. The number of thiophene rings is 1. The van der Waals surface area contributed by atoms with Crippen molar-refractivity contribution in [2.45, 2.75) is 19.8 Å². The van der Waals surface area contributed by atoms with E-state index in [9.17, 15) is 22.7 Å². The maximum Gasteiger partial charge on any atom is 0.335 e. The highest BCUT2D eigenvalue weighted by molar-refractivity contribution is 7.87. The Bertz CT molecular complexity index is 2050. The van der Waals surface area contributed by atoms with Crippen LogP contribution in [0.25, 0.3) is 49.3 Å². The molecule has 0 radical (unpaired) electrons. The highest BCUT2D eigenvalue weighted by Crippen LogP contribution is 2.48. The van der Waals surface area contributed by atoms with Gasteiger partial charge < -0.3 is 5.11 Å². The molecule has 0 amide bonds. The maximum absolute atomic E-state index is 14.8. The van der Waals surface area contributed by atoms with Crippen LogP contribution < -0.4 is 0 Å². The van der Waals surface area contributed by atoms with Crippen LogP contribution in [0.5, 0.6) is 0 Å². The Morgan fingerprint density at radius 3 is 2.49 bits per heavy atom. The summed E-state index contributed by atoms with van der Waals surface area (Å²) in [4.78, 5) is 15.1. The van der Waals surface area contributed by atoms with Gasteiger partial charge in [0.2, 0.25) is 5.00 Å². The van der Waals surface area contributed by atoms with Gasteiger partial charge in [0.15, 0.2) is 0 Å². The van der Waals surface area contributed by atoms with Crippen molar-refractivity contribution in [2.75, 3.05) is 13.1 Å². The summed E-state index contributed by atoms with van der Waals surface area (Å²) in [6.07, 6.45) is 1.45. The van der Waals surface area contributed by atoms with E-state index < -0.39 is 22.0 Å². The molecule has 218 valence electrons. The van der Waals surface area contributed by atoms with Crippen molar-refractivity contribution >= 4 is 55.0 Å². The number of piperidine rings is 1. The van der Waals surface area contributed by atoms with Crippen LogP contribution in [0.15, 0.2) is 72.1 Å². The molecular formula is C32H25ClFN3O4S2. The van der Waals surface area contributed by atoms with Crippen LogP contribution in [-0.4, -0.2) is 40.9 Å². The van der Waals surface area contributed by atoms with Crippen LogP contribution in [0.1, 0.15) is 30.1 Å². The third kappa shape index (κ3) is 5.12. The zero-order chi connectivity index (χ0) is 30.5. The Labute approximate surface area is 257 Å². The smallest absolute Gasteiger partial charge is 0.335 e. The number of hydrogen-bond donors (Lipinski definition) is 1. The van der Waals surface area contributed by atoms with Gasteiger partial charge in [0.1, 0.15) is 5.82 Å². The van der Waals surface area contributed by atoms with Crippen molar-refractivity contribution in [2.24, 2.45) is 5.92 Å². The summed E-state index contributed by atoms with van der Waals surface area (Å²) in [5.41, 5.74) is 3.33. The molecule has 11 heteroatoms. The molecule has 3 heterocycles. The van der Waals surface area contributed by atoms with E-state index in [0.717, 1.165) is 12.8 Å². The van der Waals surface area contributed by atoms with Gasteiger partial charge in [-0.15, -0.1) is 0 Å². The number of benzene rings is 3. The fourth-order valence-corrected chi connectivity index (χ4v) is 8.35. The summed E-state index contributed by atoms with van der Waals surface area (Å²) in [5, 5.41) is 12.1. The van der Waals surface area contributed by atoms with Gasteiger partial charge in [-0.25, -0.2) is 18.0 Å². The van der Waals surface area contributed by atoms with E-state index in [-0.39, 0.29) is 10.6 Å². The van der Waals surface area contributed by atoms with Gasteiger partial charge in [0, 0.05) is 45.8 Å². The van der Waals surface area contributed by atoms with E-state index in [1.54, 1.807) is 41.8 Å². The van der Waals surface area contributed by atoms with Crippen molar-refractivity contribution < 1.29 is 22.7 Å². The molecule has 0 aliphatic carbocycles. The topological polar surface area (TPSA) is 84.0 Å². The molecule has 1 aliphatic rings. The van der Waals surface area contributed by atoms with E-state index in [2.05, 4.69) is 11.8 Å². The minimum atomic E-state index is -4.13. The van der Waals surface area contributed by atoms with Gasteiger partial charge in [-0.05, 0) is 66.1 Å². The molecule has 0 spiro atoms. The van der Waals surface area contributed by atoms with E-state index >= 15 is 0 Å². The lowest BCUT2D eigenvalue weighted by atomic mass is 9.96. The Hall–Kier alpha value is -4.01. The molecule has 6 rings (SSSR count). The van der Waals surface area contributed by atoms with E-state index in [1.807, 2.05) is 0 Å².